The summed E-state index contributed by atoms with van der Waals surface area (Å²) in [6, 6.07) is 0.661. The van der Waals surface area contributed by atoms with Crippen molar-refractivity contribution in [2.75, 3.05) is 19.8 Å². The molecule has 1 aliphatic carbocycles. The molecule has 0 aromatic carbocycles. The maximum Gasteiger partial charge on any atom is 0.0670 e. The summed E-state index contributed by atoms with van der Waals surface area (Å²) < 4.78 is 0. The van der Waals surface area contributed by atoms with Crippen LogP contribution in [-0.4, -0.2) is 47.3 Å². The molecule has 3 heteroatoms. The monoisotopic (exact) mass is 243 g/mol. The van der Waals surface area contributed by atoms with E-state index in [-0.39, 0.29) is 6.10 Å². The van der Waals surface area contributed by atoms with Gasteiger partial charge in [-0.3, -0.25) is 4.90 Å². The lowest BCUT2D eigenvalue weighted by molar-refractivity contribution is 0.100. The van der Waals surface area contributed by atoms with Crippen LogP contribution in [0.5, 0.6) is 0 Å². The number of likely N-dealkylation sites (N-methyl/N-ethyl adjacent to an activating group) is 1. The summed E-state index contributed by atoms with van der Waals surface area (Å²) in [5.74, 6) is 0. The second kappa shape index (κ2) is 7.36. The van der Waals surface area contributed by atoms with Gasteiger partial charge in [0.1, 0.15) is 0 Å². The molecule has 0 heterocycles. The lowest BCUT2D eigenvalue weighted by Crippen LogP contribution is -2.40. The van der Waals surface area contributed by atoms with E-state index in [9.17, 15) is 5.11 Å². The molecular weight excluding hydrogens is 218 g/mol. The van der Waals surface area contributed by atoms with Gasteiger partial charge in [-0.05, 0) is 39.0 Å². The lowest BCUT2D eigenvalue weighted by atomic mass is 10.1. The van der Waals surface area contributed by atoms with Crippen LogP contribution in [0.15, 0.2) is 12.7 Å². The Kier molecular flexibility index (Phi) is 6.47. The normalized spacial score (nSPS) is 27.2. The molecule has 94 valence electrons. The number of rotatable bonds is 7. The van der Waals surface area contributed by atoms with Gasteiger partial charge in [0.2, 0.25) is 0 Å². The summed E-state index contributed by atoms with van der Waals surface area (Å²) in [5, 5.41) is 10.6. The molecule has 0 aromatic heterocycles. The van der Waals surface area contributed by atoms with E-state index >= 15 is 0 Å². The number of hydrogen-bond acceptors (Lipinski definition) is 3. The molecule has 1 rings (SSSR count). The van der Waals surface area contributed by atoms with Gasteiger partial charge in [-0.15, -0.1) is 6.58 Å². The molecule has 1 N–H and O–H groups in total. The van der Waals surface area contributed by atoms with Crippen LogP contribution < -0.4 is 0 Å². The van der Waals surface area contributed by atoms with Crippen molar-refractivity contribution < 1.29 is 5.11 Å². The average Bonchev–Trinajstić information content (AvgIpc) is 2.74. The van der Waals surface area contributed by atoms with Crippen LogP contribution in [0.2, 0.25) is 0 Å². The number of aliphatic hydroxyl groups is 1. The molecule has 3 atom stereocenters. The number of hydrogen-bond donors (Lipinski definition) is 1. The minimum Gasteiger partial charge on any atom is -0.392 e. The van der Waals surface area contributed by atoms with E-state index in [0.717, 1.165) is 24.6 Å². The highest BCUT2D eigenvalue weighted by molar-refractivity contribution is 7.99. The minimum absolute atomic E-state index is 0.203. The Morgan fingerprint density at radius 2 is 2.31 bits per heavy atom. The zero-order chi connectivity index (χ0) is 12.0. The lowest BCUT2D eigenvalue weighted by Gasteiger charge is -2.30. The molecule has 1 fully saturated rings. The molecule has 2 nitrogen and oxygen atoms in total. The van der Waals surface area contributed by atoms with Gasteiger partial charge in [0.05, 0.1) is 6.10 Å². The van der Waals surface area contributed by atoms with Gasteiger partial charge in [-0.2, -0.15) is 11.8 Å². The zero-order valence-electron chi connectivity index (χ0n) is 10.6. The van der Waals surface area contributed by atoms with Crippen molar-refractivity contribution in [3.63, 3.8) is 0 Å². The Labute approximate surface area is 104 Å². The van der Waals surface area contributed by atoms with Crippen molar-refractivity contribution in [2.24, 2.45) is 0 Å². The molecule has 0 aliphatic heterocycles. The molecular formula is C13H25NOS. The van der Waals surface area contributed by atoms with Crippen LogP contribution in [0.3, 0.4) is 0 Å². The number of aliphatic hydroxyl groups excluding tert-OH is 1. The van der Waals surface area contributed by atoms with Gasteiger partial charge in [0.15, 0.2) is 0 Å². The van der Waals surface area contributed by atoms with Crippen molar-refractivity contribution in [1.29, 1.82) is 0 Å². The highest BCUT2D eigenvalue weighted by Gasteiger charge is 2.30. The molecule has 0 aromatic rings. The first kappa shape index (κ1) is 14.1. The third-order valence-corrected chi connectivity index (χ3v) is 4.64. The van der Waals surface area contributed by atoms with Gasteiger partial charge in [0, 0.05) is 17.8 Å². The van der Waals surface area contributed by atoms with E-state index < -0.39 is 0 Å². The second-order valence-corrected chi connectivity index (χ2v) is 5.81. The highest BCUT2D eigenvalue weighted by Crippen LogP contribution is 2.31. The minimum atomic E-state index is -0.203. The Morgan fingerprint density at radius 3 is 2.94 bits per heavy atom. The van der Waals surface area contributed by atoms with Crippen LogP contribution in [0.4, 0.5) is 0 Å². The fraction of sp³-hybridized carbons (Fsp3) is 0.846. The summed E-state index contributed by atoms with van der Waals surface area (Å²) in [5.41, 5.74) is 0. The molecule has 0 spiro atoms. The SMILES string of the molecule is C=CCCC(O)CN(C)C1CCCC1SC. The Hall–Kier alpha value is 0.0100. The zero-order valence-corrected chi connectivity index (χ0v) is 11.4. The van der Waals surface area contributed by atoms with E-state index in [1.165, 1.54) is 19.3 Å². The average molecular weight is 243 g/mol. The maximum atomic E-state index is 9.87. The standard InChI is InChI=1S/C13H25NOS/c1-4-5-7-11(15)10-14(2)12-8-6-9-13(12)16-3/h4,11-13,15H,1,5-10H2,2-3H3. The molecule has 16 heavy (non-hydrogen) atoms. The Balaban J connectivity index is 2.32. The van der Waals surface area contributed by atoms with Crippen molar-refractivity contribution in [1.82, 2.24) is 4.90 Å². The summed E-state index contributed by atoms with van der Waals surface area (Å²) in [6.07, 6.45) is 9.58. The molecule has 1 saturated carbocycles. The van der Waals surface area contributed by atoms with E-state index in [1.807, 2.05) is 17.8 Å². The van der Waals surface area contributed by atoms with Gasteiger partial charge < -0.3 is 5.11 Å². The maximum absolute atomic E-state index is 9.87. The second-order valence-electron chi connectivity index (χ2n) is 4.73. The quantitative estimate of drug-likeness (QED) is 0.695. The third-order valence-electron chi connectivity index (χ3n) is 3.49. The van der Waals surface area contributed by atoms with Gasteiger partial charge in [-0.25, -0.2) is 0 Å². The number of allylic oxidation sites excluding steroid dienone is 1. The summed E-state index contributed by atoms with van der Waals surface area (Å²) in [4.78, 5) is 2.35. The molecule has 3 unspecified atom stereocenters. The molecule has 0 amide bonds. The van der Waals surface area contributed by atoms with E-state index in [2.05, 4.69) is 24.8 Å². The fourth-order valence-corrected chi connectivity index (χ4v) is 3.62. The van der Waals surface area contributed by atoms with Crippen molar-refractivity contribution in [3.05, 3.63) is 12.7 Å². The summed E-state index contributed by atoms with van der Waals surface area (Å²) in [7, 11) is 2.15. The van der Waals surface area contributed by atoms with Crippen molar-refractivity contribution >= 4 is 11.8 Å². The Morgan fingerprint density at radius 1 is 1.56 bits per heavy atom. The van der Waals surface area contributed by atoms with Crippen molar-refractivity contribution in [3.8, 4) is 0 Å². The molecule has 0 bridgehead atoms. The summed E-state index contributed by atoms with van der Waals surface area (Å²) in [6.45, 7) is 4.49. The van der Waals surface area contributed by atoms with Crippen LogP contribution in [-0.2, 0) is 0 Å². The smallest absolute Gasteiger partial charge is 0.0670 e. The first-order valence-electron chi connectivity index (χ1n) is 6.21. The fourth-order valence-electron chi connectivity index (χ4n) is 2.55. The topological polar surface area (TPSA) is 23.5 Å². The van der Waals surface area contributed by atoms with E-state index in [1.54, 1.807) is 0 Å². The van der Waals surface area contributed by atoms with Crippen LogP contribution in [0.1, 0.15) is 32.1 Å². The van der Waals surface area contributed by atoms with Crippen LogP contribution in [0.25, 0.3) is 0 Å². The molecule has 1 aliphatic rings. The summed E-state index contributed by atoms with van der Waals surface area (Å²) >= 11 is 1.97. The van der Waals surface area contributed by atoms with Crippen molar-refractivity contribution in [2.45, 2.75) is 49.5 Å². The third kappa shape index (κ3) is 4.11. The van der Waals surface area contributed by atoms with Gasteiger partial charge >= 0.3 is 0 Å². The highest BCUT2D eigenvalue weighted by atomic mass is 32.2. The molecule has 0 saturated heterocycles. The van der Waals surface area contributed by atoms with Gasteiger partial charge in [-0.1, -0.05) is 12.5 Å². The largest absolute Gasteiger partial charge is 0.392 e. The van der Waals surface area contributed by atoms with E-state index in [4.69, 9.17) is 0 Å². The predicted molar refractivity (Wildman–Crippen MR) is 73.0 cm³/mol. The number of nitrogens with zero attached hydrogens (tertiary/aromatic N) is 1. The predicted octanol–water partition coefficient (Wildman–Crippen LogP) is 2.53. The first-order valence-corrected chi connectivity index (χ1v) is 7.49. The van der Waals surface area contributed by atoms with Gasteiger partial charge in [0.25, 0.3) is 0 Å². The van der Waals surface area contributed by atoms with Crippen LogP contribution >= 0.6 is 11.8 Å². The Bertz CT molecular complexity index is 210. The number of thioether (sulfide) groups is 1. The van der Waals surface area contributed by atoms with E-state index in [0.29, 0.717) is 6.04 Å². The first-order chi connectivity index (χ1) is 7.69. The van der Waals surface area contributed by atoms with Crippen LogP contribution in [0, 0.1) is 0 Å². The molecule has 0 radical (unpaired) electrons.